The average Bonchev–Trinajstić information content (AvgIpc) is 2.69. The van der Waals surface area contributed by atoms with E-state index >= 15 is 0 Å². The normalized spacial score (nSPS) is 15.4. The standard InChI is InChI=1S/C19H21F2N3O3S/c20-16-7-5-15(6-8-16)9-10-22-19(25)23-11-13-24(14-12-23)28(26,27)18-4-2-1-3-17(18)21/h1-8H,9-14H2,(H,22,25). The van der Waals surface area contributed by atoms with Crippen LogP contribution in [0, 0.1) is 11.6 Å². The largest absolute Gasteiger partial charge is 0.338 e. The molecule has 1 aliphatic rings. The van der Waals surface area contributed by atoms with Crippen molar-refractivity contribution in [3.63, 3.8) is 0 Å². The van der Waals surface area contributed by atoms with E-state index in [9.17, 15) is 22.0 Å². The molecule has 0 radical (unpaired) electrons. The molecule has 9 heteroatoms. The van der Waals surface area contributed by atoms with Crippen molar-refractivity contribution < 1.29 is 22.0 Å². The van der Waals surface area contributed by atoms with E-state index in [1.54, 1.807) is 12.1 Å². The van der Waals surface area contributed by atoms with Gasteiger partial charge in [-0.25, -0.2) is 22.0 Å². The average molecular weight is 409 g/mol. The van der Waals surface area contributed by atoms with Gasteiger partial charge in [0, 0.05) is 32.7 Å². The van der Waals surface area contributed by atoms with Crippen LogP contribution < -0.4 is 5.32 Å². The number of halogens is 2. The van der Waals surface area contributed by atoms with E-state index in [4.69, 9.17) is 0 Å². The first-order valence-corrected chi connectivity index (χ1v) is 10.3. The Morgan fingerprint density at radius 2 is 1.61 bits per heavy atom. The molecular formula is C19H21F2N3O3S. The number of piperazine rings is 1. The van der Waals surface area contributed by atoms with Gasteiger partial charge < -0.3 is 10.2 Å². The van der Waals surface area contributed by atoms with Gasteiger partial charge in [0.15, 0.2) is 0 Å². The molecule has 1 N–H and O–H groups in total. The Bertz CT molecular complexity index is 928. The Morgan fingerprint density at radius 1 is 0.964 bits per heavy atom. The van der Waals surface area contributed by atoms with Crippen molar-refractivity contribution in [2.45, 2.75) is 11.3 Å². The molecule has 2 aromatic rings. The molecule has 2 amide bonds. The summed E-state index contributed by atoms with van der Waals surface area (Å²) >= 11 is 0. The van der Waals surface area contributed by atoms with Crippen molar-refractivity contribution in [3.8, 4) is 0 Å². The van der Waals surface area contributed by atoms with Gasteiger partial charge in [0.05, 0.1) is 0 Å². The molecule has 0 atom stereocenters. The maximum absolute atomic E-state index is 13.8. The lowest BCUT2D eigenvalue weighted by molar-refractivity contribution is 0.172. The quantitative estimate of drug-likeness (QED) is 0.823. The number of nitrogens with zero attached hydrogens (tertiary/aromatic N) is 2. The Labute approximate surface area is 162 Å². The number of amides is 2. The molecular weight excluding hydrogens is 388 g/mol. The number of nitrogens with one attached hydrogen (secondary N) is 1. The molecule has 2 aromatic carbocycles. The molecule has 150 valence electrons. The number of carbonyl (C=O) groups is 1. The molecule has 3 rings (SSSR count). The van der Waals surface area contributed by atoms with Crippen LogP contribution in [0.15, 0.2) is 53.4 Å². The summed E-state index contributed by atoms with van der Waals surface area (Å²) in [6.45, 7) is 1.02. The van der Waals surface area contributed by atoms with Crippen molar-refractivity contribution >= 4 is 16.1 Å². The van der Waals surface area contributed by atoms with Gasteiger partial charge in [-0.15, -0.1) is 0 Å². The van der Waals surface area contributed by atoms with Crippen LogP contribution in [0.1, 0.15) is 5.56 Å². The summed E-state index contributed by atoms with van der Waals surface area (Å²) in [5.41, 5.74) is 0.905. The molecule has 0 bridgehead atoms. The molecule has 1 saturated heterocycles. The summed E-state index contributed by atoms with van der Waals surface area (Å²) < 4.78 is 53.1. The summed E-state index contributed by atoms with van der Waals surface area (Å²) in [7, 11) is -3.93. The highest BCUT2D eigenvalue weighted by molar-refractivity contribution is 7.89. The number of sulfonamides is 1. The topological polar surface area (TPSA) is 69.7 Å². The molecule has 0 aromatic heterocycles. The van der Waals surface area contributed by atoms with Crippen molar-refractivity contribution in [1.29, 1.82) is 0 Å². The minimum absolute atomic E-state index is 0.0993. The number of hydrogen-bond donors (Lipinski definition) is 1. The third-order valence-corrected chi connectivity index (χ3v) is 6.52. The summed E-state index contributed by atoms with van der Waals surface area (Å²) in [5, 5.41) is 2.78. The zero-order chi connectivity index (χ0) is 20.1. The lowest BCUT2D eigenvalue weighted by atomic mass is 10.1. The highest BCUT2D eigenvalue weighted by Gasteiger charge is 2.31. The molecule has 1 fully saturated rings. The van der Waals surface area contributed by atoms with Crippen molar-refractivity contribution in [1.82, 2.24) is 14.5 Å². The molecule has 1 aliphatic heterocycles. The summed E-state index contributed by atoms with van der Waals surface area (Å²) in [4.78, 5) is 13.4. The van der Waals surface area contributed by atoms with E-state index in [-0.39, 0.29) is 42.9 Å². The van der Waals surface area contributed by atoms with Crippen LogP contribution in [0.2, 0.25) is 0 Å². The lowest BCUT2D eigenvalue weighted by Crippen LogP contribution is -2.53. The van der Waals surface area contributed by atoms with Gasteiger partial charge in [0.2, 0.25) is 10.0 Å². The third-order valence-electron chi connectivity index (χ3n) is 4.58. The summed E-state index contributed by atoms with van der Waals surface area (Å²) in [5.74, 6) is -1.10. The first kappa shape index (κ1) is 20.2. The fraction of sp³-hybridized carbons (Fsp3) is 0.316. The van der Waals surface area contributed by atoms with Crippen LogP contribution in [-0.4, -0.2) is 56.4 Å². The summed E-state index contributed by atoms with van der Waals surface area (Å²) in [6, 6.07) is 11.0. The number of benzene rings is 2. The van der Waals surface area contributed by atoms with E-state index in [2.05, 4.69) is 5.32 Å². The molecule has 0 aliphatic carbocycles. The SMILES string of the molecule is O=C(NCCc1ccc(F)cc1)N1CCN(S(=O)(=O)c2ccccc2F)CC1. The second-order valence-corrected chi connectivity index (χ2v) is 8.34. The fourth-order valence-electron chi connectivity index (χ4n) is 3.00. The first-order valence-electron chi connectivity index (χ1n) is 8.90. The Balaban J connectivity index is 1.50. The molecule has 0 saturated carbocycles. The Hall–Kier alpha value is -2.52. The summed E-state index contributed by atoms with van der Waals surface area (Å²) in [6.07, 6.45) is 0.563. The van der Waals surface area contributed by atoms with Crippen molar-refractivity contribution in [2.75, 3.05) is 32.7 Å². The van der Waals surface area contributed by atoms with Gasteiger partial charge in [-0.05, 0) is 36.2 Å². The monoisotopic (exact) mass is 409 g/mol. The predicted molar refractivity (Wildman–Crippen MR) is 100 cm³/mol. The maximum Gasteiger partial charge on any atom is 0.317 e. The van der Waals surface area contributed by atoms with Crippen molar-refractivity contribution in [3.05, 3.63) is 65.7 Å². The van der Waals surface area contributed by atoms with Crippen LogP contribution in [0.5, 0.6) is 0 Å². The molecule has 6 nitrogen and oxygen atoms in total. The van der Waals surface area contributed by atoms with Gasteiger partial charge in [-0.1, -0.05) is 24.3 Å². The van der Waals surface area contributed by atoms with Crippen LogP contribution >= 0.6 is 0 Å². The van der Waals surface area contributed by atoms with E-state index in [0.717, 1.165) is 11.6 Å². The first-order chi connectivity index (χ1) is 13.4. The second-order valence-electron chi connectivity index (χ2n) is 6.43. The third kappa shape index (κ3) is 4.66. The smallest absolute Gasteiger partial charge is 0.317 e. The maximum atomic E-state index is 13.8. The lowest BCUT2D eigenvalue weighted by Gasteiger charge is -2.34. The minimum atomic E-state index is -3.93. The van der Waals surface area contributed by atoms with Crippen LogP contribution in [0.25, 0.3) is 0 Å². The minimum Gasteiger partial charge on any atom is -0.338 e. The molecule has 28 heavy (non-hydrogen) atoms. The molecule has 0 unspecified atom stereocenters. The Morgan fingerprint density at radius 3 is 2.25 bits per heavy atom. The van der Waals surface area contributed by atoms with Crippen LogP contribution in [-0.2, 0) is 16.4 Å². The van der Waals surface area contributed by atoms with Crippen LogP contribution in [0.3, 0.4) is 0 Å². The van der Waals surface area contributed by atoms with Crippen molar-refractivity contribution in [2.24, 2.45) is 0 Å². The number of hydrogen-bond acceptors (Lipinski definition) is 3. The highest BCUT2D eigenvalue weighted by Crippen LogP contribution is 2.20. The molecule has 1 heterocycles. The van der Waals surface area contributed by atoms with Gasteiger partial charge in [-0.2, -0.15) is 4.31 Å². The number of urea groups is 1. The molecule has 0 spiro atoms. The van der Waals surface area contributed by atoms with E-state index < -0.39 is 15.8 Å². The zero-order valence-electron chi connectivity index (χ0n) is 15.1. The van der Waals surface area contributed by atoms with Crippen LogP contribution in [0.4, 0.5) is 13.6 Å². The van der Waals surface area contributed by atoms with Gasteiger partial charge in [0.1, 0.15) is 16.5 Å². The number of carbonyl (C=O) groups excluding carboxylic acids is 1. The highest BCUT2D eigenvalue weighted by atomic mass is 32.2. The van der Waals surface area contributed by atoms with E-state index in [0.29, 0.717) is 13.0 Å². The predicted octanol–water partition coefficient (Wildman–Crippen LogP) is 2.22. The van der Waals surface area contributed by atoms with Gasteiger partial charge in [0.25, 0.3) is 0 Å². The fourth-order valence-corrected chi connectivity index (χ4v) is 4.49. The zero-order valence-corrected chi connectivity index (χ0v) is 16.0. The van der Waals surface area contributed by atoms with Gasteiger partial charge in [-0.3, -0.25) is 0 Å². The second kappa shape index (κ2) is 8.66. The number of rotatable bonds is 5. The Kier molecular flexibility index (Phi) is 6.25. The van der Waals surface area contributed by atoms with Gasteiger partial charge >= 0.3 is 6.03 Å². The van der Waals surface area contributed by atoms with E-state index in [1.165, 1.54) is 39.5 Å². The van der Waals surface area contributed by atoms with E-state index in [1.807, 2.05) is 0 Å².